The average Bonchev–Trinajstić information content (AvgIpc) is 2.93. The van der Waals surface area contributed by atoms with Crippen molar-refractivity contribution in [2.24, 2.45) is 0 Å². The van der Waals surface area contributed by atoms with Gasteiger partial charge >= 0.3 is 6.18 Å². The molecule has 24 heavy (non-hydrogen) atoms. The van der Waals surface area contributed by atoms with Crippen LogP contribution in [-0.2, 0) is 21.5 Å². The van der Waals surface area contributed by atoms with E-state index < -0.39 is 21.8 Å². The molecule has 8 heteroatoms. The summed E-state index contributed by atoms with van der Waals surface area (Å²) in [5, 5.41) is 0.617. The summed E-state index contributed by atoms with van der Waals surface area (Å²) in [5.41, 5.74) is -0.532. The van der Waals surface area contributed by atoms with E-state index in [-0.39, 0.29) is 15.7 Å². The zero-order valence-electron chi connectivity index (χ0n) is 12.1. The van der Waals surface area contributed by atoms with Crippen LogP contribution in [0.5, 0.6) is 0 Å². The van der Waals surface area contributed by atoms with Crippen LogP contribution < -0.4 is 0 Å². The van der Waals surface area contributed by atoms with E-state index in [2.05, 4.69) is 15.9 Å². The summed E-state index contributed by atoms with van der Waals surface area (Å²) < 4.78 is 65.7. The summed E-state index contributed by atoms with van der Waals surface area (Å²) in [4.78, 5) is 0.0158. The first kappa shape index (κ1) is 17.0. The molecule has 2 aromatic carbocycles. The van der Waals surface area contributed by atoms with E-state index in [0.29, 0.717) is 11.1 Å². The molecule has 0 radical (unpaired) electrons. The van der Waals surface area contributed by atoms with Gasteiger partial charge < -0.3 is 0 Å². The molecule has 3 aromatic rings. The maximum absolute atomic E-state index is 13.0. The molecule has 3 rings (SSSR count). The zero-order chi connectivity index (χ0) is 17.5. The van der Waals surface area contributed by atoms with Gasteiger partial charge in [-0.05, 0) is 30.3 Å². The lowest BCUT2D eigenvalue weighted by atomic mass is 10.1. The fourth-order valence-corrected chi connectivity index (χ4v) is 4.62. The Morgan fingerprint density at radius 1 is 1.00 bits per heavy atom. The van der Waals surface area contributed by atoms with E-state index in [9.17, 15) is 21.6 Å². The van der Waals surface area contributed by atoms with Gasteiger partial charge in [-0.3, -0.25) is 0 Å². The average molecular weight is 418 g/mol. The van der Waals surface area contributed by atoms with Crippen LogP contribution in [-0.4, -0.2) is 12.4 Å². The van der Waals surface area contributed by atoms with Gasteiger partial charge in [-0.25, -0.2) is 12.4 Å². The first-order valence-electron chi connectivity index (χ1n) is 6.83. The fraction of sp³-hybridized carbons (Fsp3) is 0.125. The molecule has 0 bridgehead atoms. The fourth-order valence-electron chi connectivity index (χ4n) is 2.49. The molecular weight excluding hydrogens is 407 g/mol. The minimum absolute atomic E-state index is 0.00290. The molecule has 3 nitrogen and oxygen atoms in total. The predicted molar refractivity (Wildman–Crippen MR) is 88.6 cm³/mol. The van der Waals surface area contributed by atoms with Gasteiger partial charge in [-0.15, -0.1) is 0 Å². The van der Waals surface area contributed by atoms with E-state index in [0.717, 1.165) is 16.1 Å². The van der Waals surface area contributed by atoms with Crippen molar-refractivity contribution in [1.29, 1.82) is 0 Å². The number of hydrogen-bond donors (Lipinski definition) is 0. The van der Waals surface area contributed by atoms with E-state index in [1.807, 2.05) is 0 Å². The molecule has 0 aliphatic carbocycles. The molecule has 0 aliphatic heterocycles. The number of aromatic nitrogens is 1. The van der Waals surface area contributed by atoms with Crippen LogP contribution in [0.2, 0.25) is 0 Å². The van der Waals surface area contributed by atoms with Crippen LogP contribution in [0, 0.1) is 0 Å². The Labute approximate surface area is 144 Å². The Bertz CT molecular complexity index is 995. The van der Waals surface area contributed by atoms with Crippen molar-refractivity contribution >= 4 is 36.9 Å². The Morgan fingerprint density at radius 3 is 2.25 bits per heavy atom. The minimum atomic E-state index is -4.55. The van der Waals surface area contributed by atoms with Crippen molar-refractivity contribution in [2.45, 2.75) is 16.4 Å². The zero-order valence-corrected chi connectivity index (χ0v) is 14.5. The molecule has 0 spiro atoms. The number of benzene rings is 2. The van der Waals surface area contributed by atoms with Gasteiger partial charge in [0.1, 0.15) is 0 Å². The quantitative estimate of drug-likeness (QED) is 0.574. The second-order valence-corrected chi connectivity index (χ2v) is 7.47. The first-order chi connectivity index (χ1) is 11.2. The number of rotatable bonds is 3. The van der Waals surface area contributed by atoms with Crippen molar-refractivity contribution in [3.05, 3.63) is 65.9 Å². The number of alkyl halides is 4. The molecule has 0 amide bonds. The monoisotopic (exact) mass is 417 g/mol. The molecule has 0 atom stereocenters. The van der Waals surface area contributed by atoms with Gasteiger partial charge in [0.05, 0.1) is 16.0 Å². The van der Waals surface area contributed by atoms with Crippen LogP contribution in [0.4, 0.5) is 13.2 Å². The van der Waals surface area contributed by atoms with Crippen molar-refractivity contribution < 1.29 is 21.6 Å². The van der Waals surface area contributed by atoms with Gasteiger partial charge in [-0.2, -0.15) is 13.2 Å². The summed E-state index contributed by atoms with van der Waals surface area (Å²) in [6.45, 7) is 0. The van der Waals surface area contributed by atoms with Gasteiger partial charge in [0.2, 0.25) is 0 Å². The molecule has 1 heterocycles. The van der Waals surface area contributed by atoms with E-state index >= 15 is 0 Å². The maximum Gasteiger partial charge on any atom is 0.416 e. The molecule has 126 valence electrons. The summed E-state index contributed by atoms with van der Waals surface area (Å²) >= 11 is 3.20. The Hall–Kier alpha value is -1.80. The smallest absolute Gasteiger partial charge is 0.237 e. The summed E-state index contributed by atoms with van der Waals surface area (Å²) in [6.07, 6.45) is -4.55. The standard InChI is InChI=1S/C16H11BrF3NO2S/c17-10-13-8-11-6-7-12(16(18,19)20)9-15(11)21(13)24(22,23)14-4-2-1-3-5-14/h1-9H,10H2. The van der Waals surface area contributed by atoms with Gasteiger partial charge in [0.25, 0.3) is 10.0 Å². The molecule has 0 fully saturated rings. The second-order valence-electron chi connectivity index (χ2n) is 5.12. The van der Waals surface area contributed by atoms with E-state index in [4.69, 9.17) is 0 Å². The number of halogens is 4. The molecule has 0 saturated carbocycles. The summed E-state index contributed by atoms with van der Waals surface area (Å²) in [5.74, 6) is 0. The number of nitrogens with zero attached hydrogens (tertiary/aromatic N) is 1. The van der Waals surface area contributed by atoms with Crippen molar-refractivity contribution in [1.82, 2.24) is 3.97 Å². The predicted octanol–water partition coefficient (Wildman–Crippen LogP) is 4.79. The molecule has 1 aromatic heterocycles. The van der Waals surface area contributed by atoms with Crippen molar-refractivity contribution in [2.75, 3.05) is 0 Å². The Balaban J connectivity index is 2.34. The minimum Gasteiger partial charge on any atom is -0.237 e. The Morgan fingerprint density at radius 2 is 1.67 bits per heavy atom. The Kier molecular flexibility index (Phi) is 4.21. The SMILES string of the molecule is O=S(=O)(c1ccccc1)n1c(CBr)cc2ccc(C(F)(F)F)cc21. The molecule has 0 unspecified atom stereocenters. The van der Waals surface area contributed by atoms with Crippen LogP contribution in [0.3, 0.4) is 0 Å². The highest BCUT2D eigenvalue weighted by Gasteiger charge is 2.32. The maximum atomic E-state index is 13.0. The largest absolute Gasteiger partial charge is 0.416 e. The highest BCUT2D eigenvalue weighted by Crippen LogP contribution is 2.34. The van der Waals surface area contributed by atoms with Gasteiger partial charge in [0, 0.05) is 16.4 Å². The molecular formula is C16H11BrF3NO2S. The lowest BCUT2D eigenvalue weighted by Gasteiger charge is -2.12. The highest BCUT2D eigenvalue weighted by atomic mass is 79.9. The topological polar surface area (TPSA) is 39.1 Å². The third-order valence-corrected chi connectivity index (χ3v) is 5.93. The highest BCUT2D eigenvalue weighted by molar-refractivity contribution is 9.08. The summed E-state index contributed by atoms with van der Waals surface area (Å²) in [6, 6.07) is 12.3. The number of fused-ring (bicyclic) bond motifs is 1. The van der Waals surface area contributed by atoms with Gasteiger partial charge in [-0.1, -0.05) is 40.2 Å². The molecule has 0 aliphatic rings. The number of hydrogen-bond acceptors (Lipinski definition) is 2. The van der Waals surface area contributed by atoms with E-state index in [1.54, 1.807) is 24.3 Å². The second kappa shape index (κ2) is 5.93. The van der Waals surface area contributed by atoms with E-state index in [1.165, 1.54) is 18.2 Å². The van der Waals surface area contributed by atoms with Crippen molar-refractivity contribution in [3.63, 3.8) is 0 Å². The van der Waals surface area contributed by atoms with Crippen LogP contribution in [0.1, 0.15) is 11.3 Å². The third-order valence-electron chi connectivity index (χ3n) is 3.58. The first-order valence-corrected chi connectivity index (χ1v) is 9.39. The van der Waals surface area contributed by atoms with Crippen LogP contribution in [0.25, 0.3) is 10.9 Å². The lowest BCUT2D eigenvalue weighted by molar-refractivity contribution is -0.137. The molecule has 0 saturated heterocycles. The van der Waals surface area contributed by atoms with Crippen LogP contribution >= 0.6 is 15.9 Å². The van der Waals surface area contributed by atoms with Crippen LogP contribution in [0.15, 0.2) is 59.5 Å². The van der Waals surface area contributed by atoms with Gasteiger partial charge in [0.15, 0.2) is 0 Å². The third kappa shape index (κ3) is 2.84. The normalized spacial score (nSPS) is 12.7. The van der Waals surface area contributed by atoms with Crippen molar-refractivity contribution in [3.8, 4) is 0 Å². The molecule has 0 N–H and O–H groups in total. The lowest BCUT2D eigenvalue weighted by Crippen LogP contribution is -2.15. The summed E-state index contributed by atoms with van der Waals surface area (Å²) in [7, 11) is -4.01.